The number of rotatable bonds is 15. The molecule has 0 radical (unpaired) electrons. The van der Waals surface area contributed by atoms with E-state index in [2.05, 4.69) is 6.92 Å². The number of nitrogens with zero attached hydrogens (tertiary/aromatic N) is 1. The molecule has 1 aliphatic heterocycles. The van der Waals surface area contributed by atoms with Crippen molar-refractivity contribution in [3.8, 4) is 0 Å². The first-order valence-corrected chi connectivity index (χ1v) is 13.2. The van der Waals surface area contributed by atoms with E-state index in [9.17, 15) is 25.2 Å². The summed E-state index contributed by atoms with van der Waals surface area (Å²) in [5.74, 6) is -1.56. The van der Waals surface area contributed by atoms with Crippen molar-refractivity contribution in [3.05, 3.63) is 71.8 Å². The highest BCUT2D eigenvalue weighted by molar-refractivity contribution is 5.70. The van der Waals surface area contributed by atoms with Crippen molar-refractivity contribution in [2.24, 2.45) is 5.92 Å². The SMILES string of the molecule is CCCCCCN(CC(Cc1ccccc1)C(=O)O)C[C@H](O)[C@@H](O)[C@@H]1O[C@H](c2ccccc2)OC[C@H]1O. The van der Waals surface area contributed by atoms with Crippen LogP contribution in [0.15, 0.2) is 60.7 Å². The first kappa shape index (κ1) is 29.2. The Morgan fingerprint density at radius 2 is 1.68 bits per heavy atom. The van der Waals surface area contributed by atoms with Crippen molar-refractivity contribution in [1.29, 1.82) is 0 Å². The van der Waals surface area contributed by atoms with Crippen LogP contribution in [0.1, 0.15) is 50.0 Å². The molecular weight excluding hydrogens is 474 g/mol. The predicted octanol–water partition coefficient (Wildman–Crippen LogP) is 3.01. The van der Waals surface area contributed by atoms with Gasteiger partial charge in [0.1, 0.15) is 18.3 Å². The van der Waals surface area contributed by atoms with Crippen LogP contribution in [0.3, 0.4) is 0 Å². The molecule has 6 atom stereocenters. The molecule has 0 saturated carbocycles. The van der Waals surface area contributed by atoms with E-state index in [1.807, 2.05) is 65.6 Å². The highest BCUT2D eigenvalue weighted by Crippen LogP contribution is 2.29. The summed E-state index contributed by atoms with van der Waals surface area (Å²) in [6.45, 7) is 3.00. The lowest BCUT2D eigenvalue weighted by Gasteiger charge is -2.39. The molecule has 0 spiro atoms. The first-order chi connectivity index (χ1) is 17.9. The van der Waals surface area contributed by atoms with Crippen LogP contribution < -0.4 is 0 Å². The molecule has 37 heavy (non-hydrogen) atoms. The Balaban J connectivity index is 1.66. The molecule has 1 fully saturated rings. The van der Waals surface area contributed by atoms with E-state index in [-0.39, 0.29) is 19.7 Å². The summed E-state index contributed by atoms with van der Waals surface area (Å²) < 4.78 is 11.5. The minimum Gasteiger partial charge on any atom is -0.481 e. The predicted molar refractivity (Wildman–Crippen MR) is 140 cm³/mol. The fourth-order valence-electron chi connectivity index (χ4n) is 4.70. The van der Waals surface area contributed by atoms with Crippen LogP contribution in [0.2, 0.25) is 0 Å². The van der Waals surface area contributed by atoms with Crippen molar-refractivity contribution in [2.45, 2.75) is 69.7 Å². The third-order valence-corrected chi connectivity index (χ3v) is 6.81. The molecule has 204 valence electrons. The van der Waals surface area contributed by atoms with Crippen LogP contribution in [-0.2, 0) is 20.7 Å². The molecule has 2 aromatic rings. The van der Waals surface area contributed by atoms with Gasteiger partial charge < -0.3 is 29.9 Å². The van der Waals surface area contributed by atoms with E-state index in [0.29, 0.717) is 13.0 Å². The lowest BCUT2D eigenvalue weighted by molar-refractivity contribution is -0.283. The van der Waals surface area contributed by atoms with Gasteiger partial charge >= 0.3 is 5.97 Å². The van der Waals surface area contributed by atoms with Crippen molar-refractivity contribution in [3.63, 3.8) is 0 Å². The summed E-state index contributed by atoms with van der Waals surface area (Å²) >= 11 is 0. The maximum absolute atomic E-state index is 12.1. The summed E-state index contributed by atoms with van der Waals surface area (Å²) in [6.07, 6.45) is -1.13. The number of aliphatic carboxylic acids is 1. The van der Waals surface area contributed by atoms with Crippen molar-refractivity contribution in [1.82, 2.24) is 4.90 Å². The van der Waals surface area contributed by atoms with Gasteiger partial charge in [0.05, 0.1) is 18.6 Å². The lowest BCUT2D eigenvalue weighted by Crippen LogP contribution is -2.54. The number of carboxylic acid groups (broad SMARTS) is 1. The van der Waals surface area contributed by atoms with Crippen LogP contribution in [0.5, 0.6) is 0 Å². The molecular formula is C29H41NO7. The normalized spacial score (nSPS) is 22.5. The third kappa shape index (κ3) is 9.17. The minimum absolute atomic E-state index is 0.0348. The molecule has 1 heterocycles. The van der Waals surface area contributed by atoms with Crippen molar-refractivity contribution >= 4 is 5.97 Å². The number of aliphatic hydroxyl groups is 3. The molecule has 0 bridgehead atoms. The topological polar surface area (TPSA) is 120 Å². The zero-order valence-corrected chi connectivity index (χ0v) is 21.6. The molecule has 8 heteroatoms. The Hall–Kier alpha value is -2.33. The molecule has 4 N–H and O–H groups in total. The fraction of sp³-hybridized carbons (Fsp3) is 0.552. The molecule has 1 unspecified atom stereocenters. The number of aliphatic hydroxyl groups excluding tert-OH is 3. The second-order valence-electron chi connectivity index (χ2n) is 9.85. The summed E-state index contributed by atoms with van der Waals surface area (Å²) in [5, 5.41) is 42.3. The summed E-state index contributed by atoms with van der Waals surface area (Å²) in [6, 6.07) is 18.7. The largest absolute Gasteiger partial charge is 0.481 e. The summed E-state index contributed by atoms with van der Waals surface area (Å²) in [7, 11) is 0. The molecule has 3 rings (SSSR count). The number of carboxylic acids is 1. The molecule has 0 amide bonds. The Labute approximate surface area is 219 Å². The second kappa shape index (κ2) is 15.2. The van der Waals surface area contributed by atoms with Gasteiger partial charge in [-0.1, -0.05) is 86.8 Å². The van der Waals surface area contributed by atoms with Gasteiger partial charge in [0.2, 0.25) is 0 Å². The Morgan fingerprint density at radius 1 is 1.00 bits per heavy atom. The quantitative estimate of drug-likeness (QED) is 0.267. The standard InChI is InChI=1S/C29H41NO7/c1-2-3-4-11-16-30(18-23(28(34)35)17-21-12-7-5-8-13-21)19-24(31)26(33)27-25(32)20-36-29(37-27)22-14-9-6-10-15-22/h5-10,12-15,23-27,29,31-33H,2-4,11,16-20H2,1H3,(H,34,35)/t23?,24-,25+,26+,27+,29+/m0/s1. The van der Waals surface area contributed by atoms with Gasteiger partial charge in [0.15, 0.2) is 6.29 Å². The first-order valence-electron chi connectivity index (χ1n) is 13.2. The Morgan fingerprint density at radius 3 is 2.32 bits per heavy atom. The van der Waals surface area contributed by atoms with Crippen molar-refractivity contribution in [2.75, 3.05) is 26.2 Å². The maximum Gasteiger partial charge on any atom is 0.308 e. The van der Waals surface area contributed by atoms with Crippen LogP contribution in [0.4, 0.5) is 0 Å². The van der Waals surface area contributed by atoms with E-state index >= 15 is 0 Å². The molecule has 8 nitrogen and oxygen atoms in total. The van der Waals surface area contributed by atoms with E-state index in [1.165, 1.54) is 0 Å². The van der Waals surface area contributed by atoms with Gasteiger partial charge in [0.25, 0.3) is 0 Å². The molecule has 0 aromatic heterocycles. The van der Waals surface area contributed by atoms with Gasteiger partial charge in [-0.15, -0.1) is 0 Å². The highest BCUT2D eigenvalue weighted by atomic mass is 16.7. The van der Waals surface area contributed by atoms with E-state index < -0.39 is 42.6 Å². The number of carbonyl (C=O) groups is 1. The summed E-state index contributed by atoms with van der Waals surface area (Å²) in [5.41, 5.74) is 1.69. The number of unbranched alkanes of at least 4 members (excludes halogenated alkanes) is 3. The zero-order valence-electron chi connectivity index (χ0n) is 21.6. The number of benzene rings is 2. The molecule has 2 aromatic carbocycles. The molecule has 1 saturated heterocycles. The van der Waals surface area contributed by atoms with Gasteiger partial charge in [-0.25, -0.2) is 0 Å². The van der Waals surface area contributed by atoms with Crippen LogP contribution in [-0.4, -0.2) is 82.0 Å². The summed E-state index contributed by atoms with van der Waals surface area (Å²) in [4.78, 5) is 14.0. The van der Waals surface area contributed by atoms with E-state index in [1.54, 1.807) is 0 Å². The minimum atomic E-state index is -1.37. The maximum atomic E-state index is 12.1. The van der Waals surface area contributed by atoms with Gasteiger partial charge in [-0.05, 0) is 24.9 Å². The zero-order chi connectivity index (χ0) is 26.6. The Bertz CT molecular complexity index is 913. The highest BCUT2D eigenvalue weighted by Gasteiger charge is 2.40. The van der Waals surface area contributed by atoms with E-state index in [4.69, 9.17) is 9.47 Å². The van der Waals surface area contributed by atoms with Gasteiger partial charge in [0, 0.05) is 18.7 Å². The van der Waals surface area contributed by atoms with Crippen LogP contribution >= 0.6 is 0 Å². The van der Waals surface area contributed by atoms with Crippen LogP contribution in [0.25, 0.3) is 0 Å². The average molecular weight is 516 g/mol. The molecule has 1 aliphatic rings. The smallest absolute Gasteiger partial charge is 0.308 e. The van der Waals surface area contributed by atoms with Crippen molar-refractivity contribution < 1.29 is 34.7 Å². The second-order valence-corrected chi connectivity index (χ2v) is 9.85. The van der Waals surface area contributed by atoms with E-state index in [0.717, 1.165) is 36.8 Å². The van der Waals surface area contributed by atoms with Crippen LogP contribution in [0, 0.1) is 5.92 Å². The average Bonchev–Trinajstić information content (AvgIpc) is 2.91. The number of hydrogen-bond donors (Lipinski definition) is 4. The lowest BCUT2D eigenvalue weighted by atomic mass is 9.97. The molecule has 0 aliphatic carbocycles. The number of ether oxygens (including phenoxy) is 2. The third-order valence-electron chi connectivity index (χ3n) is 6.81. The number of hydrogen-bond acceptors (Lipinski definition) is 7. The monoisotopic (exact) mass is 515 g/mol. The van der Waals surface area contributed by atoms with Gasteiger partial charge in [-0.2, -0.15) is 0 Å². The van der Waals surface area contributed by atoms with Gasteiger partial charge in [-0.3, -0.25) is 9.69 Å². The Kier molecular flexibility index (Phi) is 12.0. The fourth-order valence-corrected chi connectivity index (χ4v) is 4.70.